The maximum absolute atomic E-state index is 12.7. The summed E-state index contributed by atoms with van der Waals surface area (Å²) in [5.41, 5.74) is 1.54. The van der Waals surface area contributed by atoms with Crippen molar-refractivity contribution in [2.75, 3.05) is 39.4 Å². The van der Waals surface area contributed by atoms with Crippen molar-refractivity contribution in [3.05, 3.63) is 65.7 Å². The van der Waals surface area contributed by atoms with Gasteiger partial charge >= 0.3 is 0 Å². The minimum absolute atomic E-state index is 0.0658. The van der Waals surface area contributed by atoms with E-state index in [9.17, 15) is 13.2 Å². The Labute approximate surface area is 195 Å². The molecular formula is C24H31N3O5S. The van der Waals surface area contributed by atoms with Crippen LogP contribution >= 0.6 is 0 Å². The van der Waals surface area contributed by atoms with Crippen molar-refractivity contribution < 1.29 is 22.7 Å². The number of benzene rings is 2. The zero-order valence-corrected chi connectivity index (χ0v) is 19.4. The summed E-state index contributed by atoms with van der Waals surface area (Å²) in [7, 11) is -3.72. The summed E-state index contributed by atoms with van der Waals surface area (Å²) in [6, 6.07) is 16.3. The lowest BCUT2D eigenvalue weighted by molar-refractivity contribution is -0.0292. The highest BCUT2D eigenvalue weighted by atomic mass is 32.2. The van der Waals surface area contributed by atoms with Crippen LogP contribution in [-0.4, -0.2) is 70.8 Å². The van der Waals surface area contributed by atoms with Gasteiger partial charge in [-0.2, -0.15) is 0 Å². The maximum atomic E-state index is 12.7. The SMILES string of the molecule is O=C(NCC1CN(Cc2ccccc2)CCO1)c1cccc(S(=O)(=O)NCC2CCCO2)c1. The predicted molar refractivity (Wildman–Crippen MR) is 124 cm³/mol. The van der Waals surface area contributed by atoms with Crippen LogP contribution in [0.3, 0.4) is 0 Å². The minimum Gasteiger partial charge on any atom is -0.377 e. The zero-order chi connectivity index (χ0) is 23.1. The van der Waals surface area contributed by atoms with Crippen molar-refractivity contribution in [3.8, 4) is 0 Å². The van der Waals surface area contributed by atoms with Gasteiger partial charge in [0.15, 0.2) is 0 Å². The number of carbonyl (C=O) groups is 1. The number of nitrogens with one attached hydrogen (secondary N) is 2. The first-order valence-corrected chi connectivity index (χ1v) is 12.9. The van der Waals surface area contributed by atoms with Crippen LogP contribution in [0.2, 0.25) is 0 Å². The second-order valence-electron chi connectivity index (χ2n) is 8.44. The van der Waals surface area contributed by atoms with Crippen molar-refractivity contribution in [2.45, 2.75) is 36.5 Å². The van der Waals surface area contributed by atoms with Gasteiger partial charge in [-0.1, -0.05) is 36.4 Å². The van der Waals surface area contributed by atoms with E-state index < -0.39 is 10.0 Å². The van der Waals surface area contributed by atoms with Gasteiger partial charge in [-0.25, -0.2) is 13.1 Å². The summed E-state index contributed by atoms with van der Waals surface area (Å²) in [6.45, 7) is 4.27. The molecule has 2 fully saturated rings. The van der Waals surface area contributed by atoms with E-state index in [-0.39, 0.29) is 29.6 Å². The van der Waals surface area contributed by atoms with E-state index in [2.05, 4.69) is 27.1 Å². The molecule has 9 heteroatoms. The van der Waals surface area contributed by atoms with Crippen molar-refractivity contribution in [3.63, 3.8) is 0 Å². The van der Waals surface area contributed by atoms with Gasteiger partial charge in [-0.05, 0) is 36.6 Å². The van der Waals surface area contributed by atoms with Crippen molar-refractivity contribution in [1.29, 1.82) is 0 Å². The van der Waals surface area contributed by atoms with Crippen LogP contribution in [-0.2, 0) is 26.0 Å². The quantitative estimate of drug-likeness (QED) is 0.576. The smallest absolute Gasteiger partial charge is 0.251 e. The molecule has 2 atom stereocenters. The Bertz CT molecular complexity index is 1030. The number of morpholine rings is 1. The van der Waals surface area contributed by atoms with Crippen molar-refractivity contribution >= 4 is 15.9 Å². The lowest BCUT2D eigenvalue weighted by Gasteiger charge is -2.33. The second-order valence-corrected chi connectivity index (χ2v) is 10.2. The molecule has 2 unspecified atom stereocenters. The van der Waals surface area contributed by atoms with Crippen LogP contribution in [0.5, 0.6) is 0 Å². The molecule has 8 nitrogen and oxygen atoms in total. The first-order valence-electron chi connectivity index (χ1n) is 11.4. The highest BCUT2D eigenvalue weighted by molar-refractivity contribution is 7.89. The molecule has 1 amide bonds. The fourth-order valence-electron chi connectivity index (χ4n) is 4.09. The van der Waals surface area contributed by atoms with Gasteiger partial charge < -0.3 is 14.8 Å². The summed E-state index contributed by atoms with van der Waals surface area (Å²) >= 11 is 0. The van der Waals surface area contributed by atoms with Gasteiger partial charge in [0.25, 0.3) is 5.91 Å². The predicted octanol–water partition coefficient (Wildman–Crippen LogP) is 1.77. The van der Waals surface area contributed by atoms with Crippen molar-refractivity contribution in [1.82, 2.24) is 14.9 Å². The molecule has 2 N–H and O–H groups in total. The number of sulfonamides is 1. The molecule has 4 rings (SSSR count). The standard InChI is InChI=1S/C24H31N3O5S/c28-24(25-15-22-18-27(11-13-32-22)17-19-6-2-1-3-7-19)20-8-4-10-23(14-20)33(29,30)26-16-21-9-5-12-31-21/h1-4,6-8,10,14,21-22,26H,5,9,11-13,15-18H2,(H,25,28). The normalized spacial score (nSPS) is 21.7. The van der Waals surface area contributed by atoms with E-state index in [1.165, 1.54) is 17.7 Å². The highest BCUT2D eigenvalue weighted by Crippen LogP contribution is 2.15. The highest BCUT2D eigenvalue weighted by Gasteiger charge is 2.23. The van der Waals surface area contributed by atoms with Gasteiger partial charge in [-0.15, -0.1) is 0 Å². The first-order chi connectivity index (χ1) is 16.0. The van der Waals surface area contributed by atoms with Gasteiger partial charge in [-0.3, -0.25) is 9.69 Å². The third-order valence-corrected chi connectivity index (χ3v) is 7.31. The molecule has 2 heterocycles. The number of amides is 1. The molecular weight excluding hydrogens is 442 g/mol. The molecule has 0 saturated carbocycles. The summed E-state index contributed by atoms with van der Waals surface area (Å²) in [5, 5.41) is 2.88. The second kappa shape index (κ2) is 11.2. The zero-order valence-electron chi connectivity index (χ0n) is 18.6. The number of nitrogens with zero attached hydrogens (tertiary/aromatic N) is 1. The van der Waals surface area contributed by atoms with Gasteiger partial charge in [0.1, 0.15) is 0 Å². The molecule has 178 valence electrons. The fourth-order valence-corrected chi connectivity index (χ4v) is 5.21. The Morgan fingerprint density at radius 1 is 1.00 bits per heavy atom. The largest absolute Gasteiger partial charge is 0.377 e. The third kappa shape index (κ3) is 6.84. The summed E-state index contributed by atoms with van der Waals surface area (Å²) in [6.07, 6.45) is 1.57. The summed E-state index contributed by atoms with van der Waals surface area (Å²) < 4.78 is 39.1. The number of hydrogen-bond acceptors (Lipinski definition) is 6. The van der Waals surface area contributed by atoms with Crippen LogP contribution < -0.4 is 10.0 Å². The Hall–Kier alpha value is -2.30. The Morgan fingerprint density at radius 3 is 2.61 bits per heavy atom. The maximum Gasteiger partial charge on any atom is 0.251 e. The average molecular weight is 474 g/mol. The molecule has 2 aromatic carbocycles. The van der Waals surface area contributed by atoms with E-state index in [0.717, 1.165) is 32.5 Å². The van der Waals surface area contributed by atoms with Crippen LogP contribution in [0.25, 0.3) is 0 Å². The van der Waals surface area contributed by atoms with E-state index in [1.807, 2.05) is 18.2 Å². The van der Waals surface area contributed by atoms with Crippen LogP contribution in [0, 0.1) is 0 Å². The lowest BCUT2D eigenvalue weighted by atomic mass is 10.2. The van der Waals surface area contributed by atoms with Gasteiger partial charge in [0.2, 0.25) is 10.0 Å². The Kier molecular flexibility index (Phi) is 8.11. The topological polar surface area (TPSA) is 97.0 Å². The van der Waals surface area contributed by atoms with E-state index in [0.29, 0.717) is 25.3 Å². The molecule has 33 heavy (non-hydrogen) atoms. The number of carbonyl (C=O) groups excluding carboxylic acids is 1. The summed E-state index contributed by atoms with van der Waals surface area (Å²) in [5.74, 6) is -0.324. The minimum atomic E-state index is -3.72. The van der Waals surface area contributed by atoms with Crippen LogP contribution in [0.15, 0.2) is 59.5 Å². The van der Waals surface area contributed by atoms with E-state index in [4.69, 9.17) is 9.47 Å². The van der Waals surface area contributed by atoms with Gasteiger partial charge in [0, 0.05) is 44.9 Å². The molecule has 0 aromatic heterocycles. The molecule has 0 radical (unpaired) electrons. The van der Waals surface area contributed by atoms with Crippen LogP contribution in [0.4, 0.5) is 0 Å². The molecule has 0 aliphatic carbocycles. The fraction of sp³-hybridized carbons (Fsp3) is 0.458. The Balaban J connectivity index is 1.29. The average Bonchev–Trinajstić information content (AvgIpc) is 3.36. The molecule has 0 spiro atoms. The number of hydrogen-bond donors (Lipinski definition) is 2. The molecule has 2 saturated heterocycles. The van der Waals surface area contributed by atoms with Gasteiger partial charge in [0.05, 0.1) is 23.7 Å². The summed E-state index contributed by atoms with van der Waals surface area (Å²) in [4.78, 5) is 15.1. The molecule has 0 bridgehead atoms. The number of rotatable bonds is 9. The Morgan fingerprint density at radius 2 is 1.82 bits per heavy atom. The number of ether oxygens (including phenoxy) is 2. The molecule has 2 aromatic rings. The molecule has 2 aliphatic rings. The van der Waals surface area contributed by atoms with Crippen molar-refractivity contribution in [2.24, 2.45) is 0 Å². The third-order valence-electron chi connectivity index (χ3n) is 5.89. The molecule has 2 aliphatic heterocycles. The first kappa shape index (κ1) is 23.8. The lowest BCUT2D eigenvalue weighted by Crippen LogP contribution is -2.47. The van der Waals surface area contributed by atoms with E-state index >= 15 is 0 Å². The van der Waals surface area contributed by atoms with E-state index in [1.54, 1.807) is 12.1 Å². The van der Waals surface area contributed by atoms with Crippen LogP contribution in [0.1, 0.15) is 28.8 Å². The monoisotopic (exact) mass is 473 g/mol.